The van der Waals surface area contributed by atoms with Crippen LogP contribution in [0.1, 0.15) is 25.0 Å². The first-order chi connectivity index (χ1) is 23.1. The van der Waals surface area contributed by atoms with Crippen molar-refractivity contribution in [3.05, 3.63) is 175 Å². The molecule has 0 bridgehead atoms. The number of hydrogen-bond acceptors (Lipinski definition) is 2. The molecule has 3 heteroatoms. The number of nitrogens with zero attached hydrogens (tertiary/aromatic N) is 3. The molecular weight excluding hydrogens is 571 g/mol. The normalized spacial score (nSPS) is 13.1. The molecule has 0 unspecified atom stereocenters. The van der Waals surface area contributed by atoms with Crippen molar-refractivity contribution >= 4 is 38.9 Å². The number of hydrogen-bond donors (Lipinski definition) is 0. The lowest BCUT2D eigenvalue weighted by Crippen LogP contribution is -2.26. The minimum Gasteiger partial charge on any atom is -0.310 e. The molecule has 6 aromatic carbocycles. The predicted molar refractivity (Wildman–Crippen MR) is 196 cm³/mol. The molecule has 47 heavy (non-hydrogen) atoms. The van der Waals surface area contributed by atoms with Crippen LogP contribution in [0.25, 0.3) is 49.7 Å². The number of rotatable bonds is 5. The van der Waals surface area contributed by atoms with Gasteiger partial charge in [-0.3, -0.25) is 4.98 Å². The Bertz CT molecular complexity index is 2320. The van der Waals surface area contributed by atoms with Gasteiger partial charge in [0.2, 0.25) is 0 Å². The maximum absolute atomic E-state index is 4.79. The van der Waals surface area contributed by atoms with E-state index in [-0.39, 0.29) is 5.41 Å². The monoisotopic (exact) mass is 603 g/mol. The van der Waals surface area contributed by atoms with E-state index < -0.39 is 0 Å². The lowest BCUT2D eigenvalue weighted by molar-refractivity contribution is 0.627. The minimum atomic E-state index is -0.149. The molecule has 9 rings (SSSR count). The number of para-hydroxylation sites is 1. The summed E-state index contributed by atoms with van der Waals surface area (Å²) in [6.07, 6.45) is 4.10. The van der Waals surface area contributed by atoms with Gasteiger partial charge in [0.05, 0.1) is 16.7 Å². The first kappa shape index (κ1) is 27.4. The molecule has 1 aliphatic heterocycles. The van der Waals surface area contributed by atoms with Crippen LogP contribution in [-0.4, -0.2) is 9.55 Å². The van der Waals surface area contributed by atoms with Crippen molar-refractivity contribution in [1.29, 1.82) is 0 Å². The fourth-order valence-corrected chi connectivity index (χ4v) is 7.45. The second-order valence-electron chi connectivity index (χ2n) is 12.9. The van der Waals surface area contributed by atoms with Crippen LogP contribution >= 0.6 is 0 Å². The highest BCUT2D eigenvalue weighted by Gasteiger charge is 2.35. The van der Waals surface area contributed by atoms with Gasteiger partial charge in [-0.25, -0.2) is 0 Å². The predicted octanol–water partition coefficient (Wildman–Crippen LogP) is 11.6. The molecule has 0 amide bonds. The molecule has 0 radical (unpaired) electrons. The number of benzene rings is 6. The van der Waals surface area contributed by atoms with Crippen LogP contribution in [0, 0.1) is 0 Å². The van der Waals surface area contributed by atoms with Crippen LogP contribution in [0.2, 0.25) is 0 Å². The van der Waals surface area contributed by atoms with Crippen molar-refractivity contribution in [1.82, 2.24) is 9.55 Å². The Morgan fingerprint density at radius 3 is 1.64 bits per heavy atom. The van der Waals surface area contributed by atoms with Crippen LogP contribution in [-0.2, 0) is 5.41 Å². The maximum atomic E-state index is 4.79. The summed E-state index contributed by atoms with van der Waals surface area (Å²) in [5.41, 5.74) is 14.3. The van der Waals surface area contributed by atoms with E-state index in [1.54, 1.807) is 0 Å². The van der Waals surface area contributed by atoms with Crippen LogP contribution in [0.15, 0.2) is 164 Å². The van der Waals surface area contributed by atoms with E-state index in [0.29, 0.717) is 0 Å². The van der Waals surface area contributed by atoms with Crippen molar-refractivity contribution < 1.29 is 0 Å². The van der Waals surface area contributed by atoms with E-state index in [4.69, 9.17) is 4.98 Å². The zero-order valence-corrected chi connectivity index (χ0v) is 26.4. The van der Waals surface area contributed by atoms with Gasteiger partial charge in [0.25, 0.3) is 0 Å². The molecule has 0 aliphatic carbocycles. The summed E-state index contributed by atoms with van der Waals surface area (Å²) < 4.78 is 2.44. The summed E-state index contributed by atoms with van der Waals surface area (Å²) in [5, 5.41) is 2.38. The van der Waals surface area contributed by atoms with Crippen molar-refractivity contribution in [3.63, 3.8) is 0 Å². The number of aromatic nitrogens is 2. The van der Waals surface area contributed by atoms with E-state index in [0.717, 1.165) is 17.1 Å². The summed E-state index contributed by atoms with van der Waals surface area (Å²) >= 11 is 0. The van der Waals surface area contributed by atoms with Crippen LogP contribution in [0.5, 0.6) is 0 Å². The van der Waals surface area contributed by atoms with E-state index >= 15 is 0 Å². The topological polar surface area (TPSA) is 21.1 Å². The Labute approximate surface area is 275 Å². The lowest BCUT2D eigenvalue weighted by Gasteiger charge is -2.34. The van der Waals surface area contributed by atoms with Gasteiger partial charge >= 0.3 is 0 Å². The van der Waals surface area contributed by atoms with Crippen LogP contribution in [0.3, 0.4) is 0 Å². The molecule has 0 fully saturated rings. The zero-order chi connectivity index (χ0) is 31.5. The fourth-order valence-electron chi connectivity index (χ4n) is 7.45. The average molecular weight is 604 g/mol. The first-order valence-corrected chi connectivity index (χ1v) is 16.2. The number of anilines is 3. The maximum Gasteiger partial charge on any atom is 0.0612 e. The van der Waals surface area contributed by atoms with Crippen molar-refractivity contribution in [2.45, 2.75) is 19.3 Å². The average Bonchev–Trinajstić information content (AvgIpc) is 3.46. The molecule has 0 spiro atoms. The quantitative estimate of drug-likeness (QED) is 0.195. The first-order valence-electron chi connectivity index (χ1n) is 16.2. The molecule has 0 atom stereocenters. The van der Waals surface area contributed by atoms with Gasteiger partial charge in [0.1, 0.15) is 0 Å². The van der Waals surface area contributed by atoms with Gasteiger partial charge in [-0.1, -0.05) is 117 Å². The highest BCUT2D eigenvalue weighted by molar-refractivity contribution is 6.12. The van der Waals surface area contributed by atoms with Gasteiger partial charge in [-0.2, -0.15) is 0 Å². The third-order valence-corrected chi connectivity index (χ3v) is 9.87. The summed E-state index contributed by atoms with van der Waals surface area (Å²) in [4.78, 5) is 7.15. The van der Waals surface area contributed by atoms with Gasteiger partial charge in [0, 0.05) is 51.2 Å². The second kappa shape index (κ2) is 10.6. The smallest absolute Gasteiger partial charge is 0.0612 e. The van der Waals surface area contributed by atoms with Gasteiger partial charge in [-0.05, 0) is 76.3 Å². The Morgan fingerprint density at radius 2 is 1.02 bits per heavy atom. The Kier molecular flexibility index (Phi) is 6.16. The van der Waals surface area contributed by atoms with E-state index in [9.17, 15) is 0 Å². The second-order valence-corrected chi connectivity index (χ2v) is 12.9. The zero-order valence-electron chi connectivity index (χ0n) is 26.4. The Hall–Kier alpha value is -5.93. The Balaban J connectivity index is 1.24. The van der Waals surface area contributed by atoms with E-state index in [2.05, 4.69) is 181 Å². The molecule has 8 aromatic rings. The third kappa shape index (κ3) is 4.31. The van der Waals surface area contributed by atoms with Crippen LogP contribution < -0.4 is 4.90 Å². The molecule has 0 saturated carbocycles. The SMILES string of the molecule is CC1(C)c2ccccc2-n2c3ccc(N(c4ccc(-c5ccccc5)cc4)c4ccc(-c5ccccc5)cc4)cc3c3cncc1c32. The standard InChI is InChI=1S/C44H33N3/c1-44(2)39-15-9-10-16-42(39)47-41-26-25-36(27-37(41)38-28-45-29-40(44)43(38)47)46(34-21-17-32(18-22-34)30-11-5-3-6-12-30)35-23-19-33(20-24-35)31-13-7-4-8-14-31/h3-29H,1-2H3. The highest BCUT2D eigenvalue weighted by Crippen LogP contribution is 2.48. The van der Waals surface area contributed by atoms with Gasteiger partial charge in [-0.15, -0.1) is 0 Å². The highest BCUT2D eigenvalue weighted by atomic mass is 15.1. The molecular formula is C44H33N3. The summed E-state index contributed by atoms with van der Waals surface area (Å²) in [7, 11) is 0. The lowest BCUT2D eigenvalue weighted by atomic mass is 9.75. The van der Waals surface area contributed by atoms with E-state index in [1.807, 2.05) is 6.20 Å². The van der Waals surface area contributed by atoms with Gasteiger partial charge in [0.15, 0.2) is 0 Å². The summed E-state index contributed by atoms with van der Waals surface area (Å²) in [6.45, 7) is 4.63. The molecule has 2 aromatic heterocycles. The summed E-state index contributed by atoms with van der Waals surface area (Å²) in [5.74, 6) is 0. The molecule has 0 saturated heterocycles. The van der Waals surface area contributed by atoms with Crippen molar-refractivity contribution in [2.24, 2.45) is 0 Å². The van der Waals surface area contributed by atoms with Crippen molar-refractivity contribution in [3.8, 4) is 27.9 Å². The molecule has 0 N–H and O–H groups in total. The fraction of sp³-hybridized carbons (Fsp3) is 0.0682. The number of pyridine rings is 1. The van der Waals surface area contributed by atoms with Gasteiger partial charge < -0.3 is 9.47 Å². The summed E-state index contributed by atoms with van der Waals surface area (Å²) in [6, 6.07) is 54.6. The molecule has 224 valence electrons. The van der Waals surface area contributed by atoms with E-state index in [1.165, 1.54) is 60.9 Å². The number of fused-ring (bicyclic) bond motifs is 5. The molecule has 3 heterocycles. The van der Waals surface area contributed by atoms with Crippen LogP contribution in [0.4, 0.5) is 17.1 Å². The molecule has 1 aliphatic rings. The minimum absolute atomic E-state index is 0.149. The largest absolute Gasteiger partial charge is 0.310 e. The van der Waals surface area contributed by atoms with Crippen molar-refractivity contribution in [2.75, 3.05) is 4.90 Å². The third-order valence-electron chi connectivity index (χ3n) is 9.87. The molecule has 3 nitrogen and oxygen atoms in total. The Morgan fingerprint density at radius 1 is 0.489 bits per heavy atom.